The molecule has 21 heavy (non-hydrogen) atoms. The highest BCUT2D eigenvalue weighted by atomic mass is 19.4. The summed E-state index contributed by atoms with van der Waals surface area (Å²) in [4.78, 5) is 11.1. The number of alkyl halides is 3. The summed E-state index contributed by atoms with van der Waals surface area (Å²) in [5.74, 6) is -3.88. The van der Waals surface area contributed by atoms with Gasteiger partial charge in [0.05, 0.1) is 7.11 Å². The molecule has 1 rings (SSSR count). The number of allylic oxidation sites excluding steroid dienone is 1. The van der Waals surface area contributed by atoms with E-state index in [1.807, 2.05) is 0 Å². The zero-order valence-corrected chi connectivity index (χ0v) is 11.7. The predicted octanol–water partition coefficient (Wildman–Crippen LogP) is 3.06. The van der Waals surface area contributed by atoms with Gasteiger partial charge in [-0.2, -0.15) is 13.2 Å². The minimum Gasteiger partial charge on any atom is -0.467 e. The van der Waals surface area contributed by atoms with Gasteiger partial charge in [-0.15, -0.1) is 0 Å². The van der Waals surface area contributed by atoms with Gasteiger partial charge in [-0.25, -0.2) is 4.79 Å². The van der Waals surface area contributed by atoms with Crippen LogP contribution in [-0.2, 0) is 9.53 Å². The van der Waals surface area contributed by atoms with Crippen molar-refractivity contribution in [2.75, 3.05) is 7.11 Å². The van der Waals surface area contributed by atoms with Crippen LogP contribution in [-0.4, -0.2) is 30.5 Å². The lowest BCUT2D eigenvalue weighted by atomic mass is 9.95. The molecule has 0 saturated heterocycles. The van der Waals surface area contributed by atoms with Crippen LogP contribution in [0.4, 0.5) is 13.2 Å². The smallest absolute Gasteiger partial charge is 0.398 e. The first kappa shape index (κ1) is 17.2. The molecule has 0 saturated carbocycles. The van der Waals surface area contributed by atoms with Crippen LogP contribution in [0.3, 0.4) is 0 Å². The van der Waals surface area contributed by atoms with Crippen molar-refractivity contribution >= 4 is 5.97 Å². The minimum atomic E-state index is -4.74. The number of ether oxygens (including phenoxy) is 1. The lowest BCUT2D eigenvalue weighted by molar-refractivity contribution is -0.196. The minimum absolute atomic E-state index is 0.277. The summed E-state index contributed by atoms with van der Waals surface area (Å²) in [6, 6.07) is 8.94. The van der Waals surface area contributed by atoms with Crippen LogP contribution < -0.4 is 0 Å². The van der Waals surface area contributed by atoms with Gasteiger partial charge in [0.15, 0.2) is 6.10 Å². The fraction of sp³-hybridized carbons (Fsp3) is 0.400. The lowest BCUT2D eigenvalue weighted by Crippen LogP contribution is -2.38. The van der Waals surface area contributed by atoms with Crippen LogP contribution in [0.15, 0.2) is 42.5 Å². The topological polar surface area (TPSA) is 46.5 Å². The van der Waals surface area contributed by atoms with Crippen LogP contribution in [0.2, 0.25) is 0 Å². The van der Waals surface area contributed by atoms with Gasteiger partial charge in [-0.3, -0.25) is 0 Å². The zero-order valence-electron chi connectivity index (χ0n) is 11.7. The average Bonchev–Trinajstić information content (AvgIpc) is 2.45. The highest BCUT2D eigenvalue weighted by molar-refractivity contribution is 5.75. The molecular weight excluding hydrogens is 285 g/mol. The summed E-state index contributed by atoms with van der Waals surface area (Å²) >= 11 is 0. The second-order valence-electron chi connectivity index (χ2n) is 4.62. The first-order chi connectivity index (χ1) is 9.77. The Hall–Kier alpha value is -1.82. The molecule has 0 amide bonds. The van der Waals surface area contributed by atoms with Crippen LogP contribution in [0.5, 0.6) is 0 Å². The number of carbonyl (C=O) groups is 1. The third-order valence-electron chi connectivity index (χ3n) is 3.09. The second-order valence-corrected chi connectivity index (χ2v) is 4.62. The molecule has 0 bridgehead atoms. The van der Waals surface area contributed by atoms with Crippen molar-refractivity contribution < 1.29 is 27.8 Å². The van der Waals surface area contributed by atoms with Crippen molar-refractivity contribution in [1.82, 2.24) is 0 Å². The Morgan fingerprint density at radius 3 is 2.29 bits per heavy atom. The fourth-order valence-electron chi connectivity index (χ4n) is 1.81. The Morgan fingerprint density at radius 2 is 1.81 bits per heavy atom. The summed E-state index contributed by atoms with van der Waals surface area (Å²) in [5, 5.41) is 9.45. The number of hydrogen-bond acceptors (Lipinski definition) is 3. The molecule has 3 nitrogen and oxygen atoms in total. The SMILES string of the molecule is COC(=O)[C@H](O)[C@@H](/C=C/C(C)c1ccccc1)C(F)(F)F. The van der Waals surface area contributed by atoms with E-state index in [1.165, 1.54) is 6.08 Å². The second kappa shape index (κ2) is 7.26. The number of methoxy groups -OCH3 is 1. The molecule has 3 atom stereocenters. The third kappa shape index (κ3) is 4.90. The molecule has 0 aromatic heterocycles. The van der Waals surface area contributed by atoms with Gasteiger partial charge in [0.1, 0.15) is 5.92 Å². The van der Waals surface area contributed by atoms with Gasteiger partial charge in [0, 0.05) is 0 Å². The van der Waals surface area contributed by atoms with Crippen molar-refractivity contribution in [3.05, 3.63) is 48.0 Å². The van der Waals surface area contributed by atoms with Crippen molar-refractivity contribution in [3.8, 4) is 0 Å². The van der Waals surface area contributed by atoms with E-state index in [4.69, 9.17) is 0 Å². The predicted molar refractivity (Wildman–Crippen MR) is 71.6 cm³/mol. The quantitative estimate of drug-likeness (QED) is 0.671. The molecule has 6 heteroatoms. The molecular formula is C15H17F3O3. The molecule has 0 aliphatic heterocycles. The standard InChI is InChI=1S/C15H17F3O3/c1-10(11-6-4-3-5-7-11)8-9-12(15(16,17)18)13(19)14(20)21-2/h3-10,12-13,19H,1-2H3/b9-8+/t10?,12-,13-/m1/s1. The van der Waals surface area contributed by atoms with Crippen molar-refractivity contribution in [2.45, 2.75) is 25.1 Å². The Balaban J connectivity index is 2.91. The van der Waals surface area contributed by atoms with E-state index >= 15 is 0 Å². The molecule has 1 aromatic rings. The van der Waals surface area contributed by atoms with E-state index in [0.29, 0.717) is 0 Å². The zero-order chi connectivity index (χ0) is 16.0. The van der Waals surface area contributed by atoms with E-state index in [9.17, 15) is 23.1 Å². The number of hydrogen-bond donors (Lipinski definition) is 1. The van der Waals surface area contributed by atoms with E-state index in [1.54, 1.807) is 37.3 Å². The van der Waals surface area contributed by atoms with Gasteiger partial charge in [-0.1, -0.05) is 49.4 Å². The van der Waals surface area contributed by atoms with Crippen LogP contribution in [0.25, 0.3) is 0 Å². The van der Waals surface area contributed by atoms with E-state index in [2.05, 4.69) is 4.74 Å². The van der Waals surface area contributed by atoms with Gasteiger partial charge in [0.2, 0.25) is 0 Å². The molecule has 0 spiro atoms. The monoisotopic (exact) mass is 302 g/mol. The first-order valence-corrected chi connectivity index (χ1v) is 6.33. The molecule has 0 heterocycles. The van der Waals surface area contributed by atoms with Crippen LogP contribution in [0, 0.1) is 5.92 Å². The van der Waals surface area contributed by atoms with Crippen LogP contribution >= 0.6 is 0 Å². The summed E-state index contributed by atoms with van der Waals surface area (Å²) in [6.45, 7) is 1.73. The van der Waals surface area contributed by atoms with Gasteiger partial charge >= 0.3 is 12.1 Å². The highest BCUT2D eigenvalue weighted by Gasteiger charge is 2.45. The molecule has 1 N–H and O–H groups in total. The Labute approximate surface area is 121 Å². The number of benzene rings is 1. The third-order valence-corrected chi connectivity index (χ3v) is 3.09. The van der Waals surface area contributed by atoms with Gasteiger partial charge < -0.3 is 9.84 Å². The largest absolute Gasteiger partial charge is 0.467 e. The summed E-state index contributed by atoms with van der Waals surface area (Å²) in [6.07, 6.45) is -4.88. The first-order valence-electron chi connectivity index (χ1n) is 6.33. The van der Waals surface area contributed by atoms with E-state index < -0.39 is 24.2 Å². The number of aliphatic hydroxyl groups is 1. The van der Waals surface area contributed by atoms with Crippen molar-refractivity contribution in [3.63, 3.8) is 0 Å². The number of esters is 1. The van der Waals surface area contributed by atoms with E-state index in [-0.39, 0.29) is 5.92 Å². The normalized spacial score (nSPS) is 16.5. The Morgan fingerprint density at radius 1 is 1.24 bits per heavy atom. The molecule has 0 fully saturated rings. The Kier molecular flexibility index (Phi) is 5.96. The summed E-state index contributed by atoms with van der Waals surface area (Å²) < 4.78 is 42.9. The fourth-order valence-corrected chi connectivity index (χ4v) is 1.81. The molecule has 0 radical (unpaired) electrons. The number of aliphatic hydroxyl groups excluding tert-OH is 1. The van der Waals surface area contributed by atoms with Gasteiger partial charge in [0.25, 0.3) is 0 Å². The maximum absolute atomic E-state index is 12.9. The molecule has 0 aliphatic carbocycles. The number of rotatable bonds is 5. The number of halogens is 3. The molecule has 0 aliphatic rings. The molecule has 116 valence electrons. The maximum atomic E-state index is 12.9. The van der Waals surface area contributed by atoms with Crippen molar-refractivity contribution in [2.24, 2.45) is 5.92 Å². The average molecular weight is 302 g/mol. The maximum Gasteiger partial charge on any atom is 0.398 e. The molecule has 1 unspecified atom stereocenters. The van der Waals surface area contributed by atoms with Gasteiger partial charge in [-0.05, 0) is 11.5 Å². The molecule has 1 aromatic carbocycles. The summed E-state index contributed by atoms with van der Waals surface area (Å²) in [7, 11) is 0.926. The lowest BCUT2D eigenvalue weighted by Gasteiger charge is -2.21. The summed E-state index contributed by atoms with van der Waals surface area (Å²) in [5.41, 5.74) is 0.835. The Bertz CT molecular complexity index is 483. The number of carbonyl (C=O) groups excluding carboxylic acids is 1. The van der Waals surface area contributed by atoms with Crippen LogP contribution in [0.1, 0.15) is 18.4 Å². The van der Waals surface area contributed by atoms with Crippen molar-refractivity contribution in [1.29, 1.82) is 0 Å². The highest BCUT2D eigenvalue weighted by Crippen LogP contribution is 2.31. The van der Waals surface area contributed by atoms with E-state index in [0.717, 1.165) is 18.7 Å².